The van der Waals surface area contributed by atoms with Crippen LogP contribution in [0, 0.1) is 0 Å². The number of hydrogen-bond donors (Lipinski definition) is 1. The Kier molecular flexibility index (Phi) is 6.14. The molecule has 166 valence electrons. The smallest absolute Gasteiger partial charge is 0.258 e. The number of benzene rings is 3. The molecule has 6 nitrogen and oxygen atoms in total. The molecule has 1 aliphatic rings. The number of carbonyl (C=O) groups is 2. The third-order valence-corrected chi connectivity index (χ3v) is 7.32. The van der Waals surface area contributed by atoms with Crippen LogP contribution in [0.2, 0.25) is 5.02 Å². The minimum Gasteiger partial charge on any atom is -0.314 e. The summed E-state index contributed by atoms with van der Waals surface area (Å²) in [4.78, 5) is 30.4. The number of carbonyl (C=O) groups excluding carboxylic acids is 2. The molecule has 1 fully saturated rings. The van der Waals surface area contributed by atoms with Gasteiger partial charge >= 0.3 is 0 Å². The van der Waals surface area contributed by atoms with Crippen molar-refractivity contribution in [1.82, 2.24) is 20.0 Å². The van der Waals surface area contributed by atoms with Crippen LogP contribution in [-0.4, -0.2) is 32.1 Å². The highest BCUT2D eigenvalue weighted by Gasteiger charge is 2.34. The molecule has 1 saturated heterocycles. The number of hydrogen-bond acceptors (Lipinski definition) is 4. The molecular formula is C24H18BrClN4O2S. The monoisotopic (exact) mass is 540 g/mol. The molecular weight excluding hydrogens is 524 g/mol. The van der Waals surface area contributed by atoms with Crippen LogP contribution in [0.25, 0.3) is 22.4 Å². The molecule has 4 aromatic rings. The van der Waals surface area contributed by atoms with Crippen LogP contribution in [0.4, 0.5) is 0 Å². The molecule has 0 aliphatic carbocycles. The van der Waals surface area contributed by atoms with Gasteiger partial charge in [0.2, 0.25) is 0 Å². The zero-order chi connectivity index (χ0) is 22.9. The Balaban J connectivity index is 1.43. The first-order valence-electron chi connectivity index (χ1n) is 10.2. The lowest BCUT2D eigenvalue weighted by Gasteiger charge is -2.25. The molecule has 0 saturated carbocycles. The highest BCUT2D eigenvalue weighted by atomic mass is 79.9. The van der Waals surface area contributed by atoms with Gasteiger partial charge < -0.3 is 4.57 Å². The van der Waals surface area contributed by atoms with Crippen LogP contribution < -0.4 is 5.43 Å². The lowest BCUT2D eigenvalue weighted by molar-refractivity contribution is -0.139. The standard InChI is InChI=1S/C24H18BrClN4O2S/c25-17-9-5-16(6-10-17)24-30(22(32)14-33-24)28-21(31)13-29-20-4-2-1-3-19(20)27-23(29)15-7-11-18(26)12-8-15/h1-12,24H,13-14H2,(H,28,31). The second-order valence-electron chi connectivity index (χ2n) is 7.53. The van der Waals surface area contributed by atoms with Crippen LogP contribution in [0.1, 0.15) is 10.9 Å². The summed E-state index contributed by atoms with van der Waals surface area (Å²) in [5, 5.41) is 1.78. The number of fused-ring (bicyclic) bond motifs is 1. The molecule has 1 aromatic heterocycles. The Morgan fingerprint density at radius 3 is 2.58 bits per heavy atom. The number of imidazole rings is 1. The maximum atomic E-state index is 13.1. The fraction of sp³-hybridized carbons (Fsp3) is 0.125. The van der Waals surface area contributed by atoms with Gasteiger partial charge in [-0.05, 0) is 54.1 Å². The van der Waals surface area contributed by atoms with Crippen LogP contribution in [0.3, 0.4) is 0 Å². The van der Waals surface area contributed by atoms with E-state index in [4.69, 9.17) is 16.6 Å². The molecule has 2 heterocycles. The summed E-state index contributed by atoms with van der Waals surface area (Å²) in [5.74, 6) is 0.543. The Labute approximate surface area is 208 Å². The van der Waals surface area contributed by atoms with Gasteiger partial charge in [0.1, 0.15) is 17.7 Å². The van der Waals surface area contributed by atoms with Gasteiger partial charge in [0.15, 0.2) is 0 Å². The average molecular weight is 542 g/mol. The van der Waals surface area contributed by atoms with Gasteiger partial charge in [-0.1, -0.05) is 51.8 Å². The van der Waals surface area contributed by atoms with Gasteiger partial charge in [0.05, 0.1) is 16.8 Å². The Hall–Kier alpha value is -2.81. The van der Waals surface area contributed by atoms with E-state index in [0.717, 1.165) is 26.6 Å². The predicted molar refractivity (Wildman–Crippen MR) is 135 cm³/mol. The quantitative estimate of drug-likeness (QED) is 0.366. The topological polar surface area (TPSA) is 67.2 Å². The van der Waals surface area contributed by atoms with Crippen molar-refractivity contribution in [3.05, 3.63) is 87.9 Å². The molecule has 0 bridgehead atoms. The van der Waals surface area contributed by atoms with Crippen molar-refractivity contribution in [3.63, 3.8) is 0 Å². The minimum absolute atomic E-state index is 0.0139. The van der Waals surface area contributed by atoms with Crippen molar-refractivity contribution < 1.29 is 9.59 Å². The first kappa shape index (κ1) is 22.0. The number of halogens is 2. The summed E-state index contributed by atoms with van der Waals surface area (Å²) in [7, 11) is 0. The summed E-state index contributed by atoms with van der Waals surface area (Å²) in [6.45, 7) is 0.0139. The van der Waals surface area contributed by atoms with Crippen LogP contribution >= 0.6 is 39.3 Å². The number of hydrazine groups is 1. The molecule has 1 atom stereocenters. The minimum atomic E-state index is -0.300. The number of rotatable bonds is 5. The molecule has 5 rings (SSSR count). The normalized spacial score (nSPS) is 15.9. The fourth-order valence-electron chi connectivity index (χ4n) is 3.79. The molecule has 1 unspecified atom stereocenters. The van der Waals surface area contributed by atoms with E-state index in [-0.39, 0.29) is 23.7 Å². The van der Waals surface area contributed by atoms with Crippen molar-refractivity contribution in [1.29, 1.82) is 0 Å². The summed E-state index contributed by atoms with van der Waals surface area (Å²) >= 11 is 11.0. The molecule has 2 amide bonds. The van der Waals surface area contributed by atoms with E-state index in [2.05, 4.69) is 21.4 Å². The van der Waals surface area contributed by atoms with E-state index in [9.17, 15) is 9.59 Å². The second-order valence-corrected chi connectivity index (χ2v) is 9.95. The first-order chi connectivity index (χ1) is 16.0. The lowest BCUT2D eigenvalue weighted by Crippen LogP contribution is -2.45. The van der Waals surface area contributed by atoms with Gasteiger partial charge in [-0.2, -0.15) is 0 Å². The maximum Gasteiger partial charge on any atom is 0.258 e. The molecule has 0 spiro atoms. The summed E-state index contributed by atoms with van der Waals surface area (Å²) in [6.07, 6.45) is 0. The molecule has 3 aromatic carbocycles. The zero-order valence-corrected chi connectivity index (χ0v) is 20.4. The van der Waals surface area contributed by atoms with Crippen LogP contribution in [-0.2, 0) is 16.1 Å². The zero-order valence-electron chi connectivity index (χ0n) is 17.2. The lowest BCUT2D eigenvalue weighted by atomic mass is 10.2. The number of para-hydroxylation sites is 2. The SMILES string of the molecule is O=C(Cn1c(-c2ccc(Cl)cc2)nc2ccccc21)NN1C(=O)CSC1c1ccc(Br)cc1. The summed E-state index contributed by atoms with van der Waals surface area (Å²) in [6, 6.07) is 22.7. The van der Waals surface area contributed by atoms with E-state index < -0.39 is 0 Å². The predicted octanol–water partition coefficient (Wildman–Crippen LogP) is 5.42. The van der Waals surface area contributed by atoms with E-state index in [1.54, 1.807) is 12.1 Å². The Morgan fingerprint density at radius 2 is 1.82 bits per heavy atom. The third kappa shape index (κ3) is 4.51. The van der Waals surface area contributed by atoms with Gasteiger partial charge in [-0.25, -0.2) is 9.99 Å². The maximum absolute atomic E-state index is 13.1. The van der Waals surface area contributed by atoms with Crippen LogP contribution in [0.15, 0.2) is 77.3 Å². The van der Waals surface area contributed by atoms with Crippen molar-refractivity contribution in [2.45, 2.75) is 11.9 Å². The van der Waals surface area contributed by atoms with Gasteiger partial charge in [-0.3, -0.25) is 15.0 Å². The van der Waals surface area contributed by atoms with Gasteiger partial charge in [0.25, 0.3) is 11.8 Å². The Bertz CT molecular complexity index is 1340. The van der Waals surface area contributed by atoms with Gasteiger partial charge in [0, 0.05) is 15.1 Å². The van der Waals surface area contributed by atoms with Crippen LogP contribution in [0.5, 0.6) is 0 Å². The average Bonchev–Trinajstić information content (AvgIpc) is 3.36. The largest absolute Gasteiger partial charge is 0.314 e. The molecule has 9 heteroatoms. The molecule has 1 aliphatic heterocycles. The van der Waals surface area contributed by atoms with Crippen molar-refractivity contribution in [3.8, 4) is 11.4 Å². The summed E-state index contributed by atoms with van der Waals surface area (Å²) < 4.78 is 2.81. The number of amides is 2. The molecule has 33 heavy (non-hydrogen) atoms. The van der Waals surface area contributed by atoms with Crippen molar-refractivity contribution in [2.75, 3.05) is 5.75 Å². The second kappa shape index (κ2) is 9.21. The number of nitrogens with zero attached hydrogens (tertiary/aromatic N) is 3. The molecule has 1 N–H and O–H groups in total. The number of nitrogens with one attached hydrogen (secondary N) is 1. The number of aromatic nitrogens is 2. The van der Waals surface area contributed by atoms with E-state index in [0.29, 0.717) is 16.6 Å². The van der Waals surface area contributed by atoms with Crippen molar-refractivity contribution >= 4 is 62.1 Å². The third-order valence-electron chi connectivity index (χ3n) is 5.33. The van der Waals surface area contributed by atoms with Crippen molar-refractivity contribution in [2.24, 2.45) is 0 Å². The van der Waals surface area contributed by atoms with E-state index in [1.807, 2.05) is 65.2 Å². The van der Waals surface area contributed by atoms with E-state index >= 15 is 0 Å². The van der Waals surface area contributed by atoms with E-state index in [1.165, 1.54) is 16.8 Å². The first-order valence-corrected chi connectivity index (χ1v) is 12.4. The summed E-state index contributed by atoms with van der Waals surface area (Å²) in [5.41, 5.74) is 6.25. The molecule has 0 radical (unpaired) electrons. The van der Waals surface area contributed by atoms with Gasteiger partial charge in [-0.15, -0.1) is 11.8 Å². The highest BCUT2D eigenvalue weighted by Crippen LogP contribution is 2.37. The Morgan fingerprint density at radius 1 is 1.09 bits per heavy atom. The number of thioether (sulfide) groups is 1. The highest BCUT2D eigenvalue weighted by molar-refractivity contribution is 9.10. The fourth-order valence-corrected chi connectivity index (χ4v) is 5.29.